The number of hydrogen-bond acceptors (Lipinski definition) is 3. The van der Waals surface area contributed by atoms with Gasteiger partial charge in [0.2, 0.25) is 0 Å². The van der Waals surface area contributed by atoms with Crippen LogP contribution in [0.15, 0.2) is 65.2 Å². The van der Waals surface area contributed by atoms with E-state index in [1.807, 2.05) is 0 Å². The number of nitrogens with zero attached hydrogens (tertiary/aromatic N) is 2. The number of anilines is 1. The van der Waals surface area contributed by atoms with Crippen molar-refractivity contribution < 1.29 is 18.7 Å². The minimum absolute atomic E-state index is 0.0157. The van der Waals surface area contributed by atoms with E-state index in [-0.39, 0.29) is 28.9 Å². The molecule has 2 aromatic carbocycles. The van der Waals surface area contributed by atoms with Gasteiger partial charge in [-0.25, -0.2) is 4.57 Å². The molecule has 5 nitrogen and oxygen atoms in total. The Bertz CT molecular complexity index is 1240. The molecular weight excluding hydrogens is 354 g/mol. The number of carbonyl (C=O) groups is 1. The van der Waals surface area contributed by atoms with Gasteiger partial charge in [-0.1, -0.05) is 30.3 Å². The third kappa shape index (κ3) is 2.02. The minimum Gasteiger partial charge on any atom is -0.510 e. The molecule has 1 N–H and O–H groups in total. The zero-order chi connectivity index (χ0) is 18.9. The molecule has 27 heavy (non-hydrogen) atoms. The number of rotatable bonds is 1. The standard InChI is InChI=1S/C20H12F2N2O3/c21-20(22)16-4-2-1-3-14(16)17-7-11-5-6-12(8-15(11)19(27)24(17)20)23-10-13(25)9-18(23)26/h1-9,25H,10H2. The third-order valence-corrected chi connectivity index (χ3v) is 5.00. The molecule has 0 saturated heterocycles. The van der Waals surface area contributed by atoms with E-state index in [1.54, 1.807) is 30.3 Å². The third-order valence-electron chi connectivity index (χ3n) is 5.00. The Labute approximate surface area is 151 Å². The van der Waals surface area contributed by atoms with E-state index in [9.17, 15) is 23.5 Å². The Morgan fingerprint density at radius 1 is 1.04 bits per heavy atom. The highest BCUT2D eigenvalue weighted by atomic mass is 19.3. The molecule has 0 atom stereocenters. The Morgan fingerprint density at radius 2 is 1.81 bits per heavy atom. The van der Waals surface area contributed by atoms with Crippen LogP contribution in [0.25, 0.3) is 22.0 Å². The van der Waals surface area contributed by atoms with Gasteiger partial charge in [0, 0.05) is 22.7 Å². The molecule has 0 fully saturated rings. The lowest BCUT2D eigenvalue weighted by atomic mass is 10.0. The number of alkyl halides is 2. The van der Waals surface area contributed by atoms with Crippen LogP contribution in [0.3, 0.4) is 0 Å². The van der Waals surface area contributed by atoms with Crippen LogP contribution in [-0.2, 0) is 10.8 Å². The summed E-state index contributed by atoms with van der Waals surface area (Å²) in [4.78, 5) is 26.1. The second-order valence-electron chi connectivity index (χ2n) is 6.59. The van der Waals surface area contributed by atoms with Crippen molar-refractivity contribution in [3.63, 3.8) is 0 Å². The van der Waals surface area contributed by atoms with E-state index in [2.05, 4.69) is 0 Å². The van der Waals surface area contributed by atoms with Crippen molar-refractivity contribution >= 4 is 22.4 Å². The molecule has 0 unspecified atom stereocenters. The summed E-state index contributed by atoms with van der Waals surface area (Å²) in [6.07, 6.45) is 1.09. The van der Waals surface area contributed by atoms with Gasteiger partial charge >= 0.3 is 6.05 Å². The molecule has 2 aliphatic rings. The average molecular weight is 366 g/mol. The molecule has 5 rings (SSSR count). The molecular formula is C20H12F2N2O3. The number of aromatic nitrogens is 1. The summed E-state index contributed by atoms with van der Waals surface area (Å²) in [6, 6.07) is 8.82. The molecule has 0 saturated carbocycles. The number of aliphatic hydroxyl groups excluding tert-OH is 1. The smallest absolute Gasteiger partial charge is 0.359 e. The van der Waals surface area contributed by atoms with Crippen molar-refractivity contribution in [2.24, 2.45) is 0 Å². The van der Waals surface area contributed by atoms with E-state index in [4.69, 9.17) is 0 Å². The topological polar surface area (TPSA) is 62.5 Å². The van der Waals surface area contributed by atoms with E-state index < -0.39 is 17.5 Å². The van der Waals surface area contributed by atoms with E-state index >= 15 is 0 Å². The van der Waals surface area contributed by atoms with Crippen molar-refractivity contribution in [1.82, 2.24) is 4.57 Å². The Morgan fingerprint density at radius 3 is 2.56 bits per heavy atom. The monoisotopic (exact) mass is 366 g/mol. The highest BCUT2D eigenvalue weighted by molar-refractivity contribution is 6.05. The molecule has 7 heteroatoms. The first kappa shape index (κ1) is 15.7. The fourth-order valence-corrected chi connectivity index (χ4v) is 3.76. The first-order valence-corrected chi connectivity index (χ1v) is 8.27. The van der Waals surface area contributed by atoms with Crippen LogP contribution in [0.4, 0.5) is 14.5 Å². The predicted octanol–water partition coefficient (Wildman–Crippen LogP) is 3.37. The highest BCUT2D eigenvalue weighted by Gasteiger charge is 2.45. The Kier molecular flexibility index (Phi) is 2.94. The summed E-state index contributed by atoms with van der Waals surface area (Å²) in [5, 5.41) is 10.1. The minimum atomic E-state index is -3.45. The van der Waals surface area contributed by atoms with Gasteiger partial charge in [0.1, 0.15) is 5.76 Å². The van der Waals surface area contributed by atoms with Gasteiger partial charge in [0.15, 0.2) is 0 Å². The first-order valence-electron chi connectivity index (χ1n) is 8.27. The molecule has 3 heterocycles. The molecule has 0 radical (unpaired) electrons. The maximum atomic E-state index is 14.9. The molecule has 134 valence electrons. The number of halogens is 2. The number of amides is 1. The lowest BCUT2D eigenvalue weighted by molar-refractivity contribution is -0.113. The van der Waals surface area contributed by atoms with Crippen molar-refractivity contribution in [2.75, 3.05) is 11.4 Å². The SMILES string of the molecule is O=C1C=C(O)CN1c1ccc2cc3n(c(=O)c2c1)C(F)(F)c1ccccc1-3. The van der Waals surface area contributed by atoms with Crippen molar-refractivity contribution in [1.29, 1.82) is 0 Å². The van der Waals surface area contributed by atoms with Gasteiger partial charge in [0.25, 0.3) is 11.5 Å². The van der Waals surface area contributed by atoms with E-state index in [0.29, 0.717) is 21.2 Å². The number of aliphatic hydroxyl groups is 1. The van der Waals surface area contributed by atoms with Crippen molar-refractivity contribution in [3.05, 3.63) is 76.3 Å². The number of carbonyl (C=O) groups excluding carboxylic acids is 1. The quantitative estimate of drug-likeness (QED) is 0.718. The van der Waals surface area contributed by atoms with Crippen LogP contribution in [0.2, 0.25) is 0 Å². The molecule has 1 aromatic heterocycles. The van der Waals surface area contributed by atoms with Crippen LogP contribution in [0, 0.1) is 0 Å². The normalized spacial score (nSPS) is 17.2. The summed E-state index contributed by atoms with van der Waals surface area (Å²) >= 11 is 0. The zero-order valence-corrected chi connectivity index (χ0v) is 13.8. The predicted molar refractivity (Wildman–Crippen MR) is 96.0 cm³/mol. The fraction of sp³-hybridized carbons (Fsp3) is 0.100. The summed E-state index contributed by atoms with van der Waals surface area (Å²) < 4.78 is 30.3. The summed E-state index contributed by atoms with van der Waals surface area (Å²) in [5.74, 6) is -0.515. The van der Waals surface area contributed by atoms with Gasteiger partial charge in [-0.2, -0.15) is 8.78 Å². The maximum absolute atomic E-state index is 14.9. The second-order valence-corrected chi connectivity index (χ2v) is 6.59. The number of pyridine rings is 1. The van der Waals surface area contributed by atoms with Gasteiger partial charge in [-0.3, -0.25) is 9.59 Å². The van der Waals surface area contributed by atoms with Crippen LogP contribution >= 0.6 is 0 Å². The summed E-state index contributed by atoms with van der Waals surface area (Å²) in [6.45, 7) is -0.0157. The zero-order valence-electron chi connectivity index (χ0n) is 13.8. The van der Waals surface area contributed by atoms with Crippen LogP contribution in [-0.4, -0.2) is 22.1 Å². The second kappa shape index (κ2) is 5.03. The fourth-order valence-electron chi connectivity index (χ4n) is 3.76. The van der Waals surface area contributed by atoms with Gasteiger partial charge in [-0.05, 0) is 23.6 Å². The maximum Gasteiger partial charge on any atom is 0.359 e. The van der Waals surface area contributed by atoms with E-state index in [0.717, 1.165) is 6.08 Å². The van der Waals surface area contributed by atoms with Gasteiger partial charge < -0.3 is 10.0 Å². The molecule has 3 aromatic rings. The van der Waals surface area contributed by atoms with Crippen LogP contribution in [0.1, 0.15) is 5.56 Å². The van der Waals surface area contributed by atoms with E-state index in [1.165, 1.54) is 23.1 Å². The summed E-state index contributed by atoms with van der Waals surface area (Å²) in [7, 11) is 0. The molecule has 0 aliphatic carbocycles. The Balaban J connectivity index is 1.75. The number of fused-ring (bicyclic) bond motifs is 4. The number of benzene rings is 2. The molecule has 2 aliphatic heterocycles. The number of hydrogen-bond donors (Lipinski definition) is 1. The molecule has 1 amide bonds. The molecule has 0 spiro atoms. The van der Waals surface area contributed by atoms with Gasteiger partial charge in [-0.15, -0.1) is 0 Å². The van der Waals surface area contributed by atoms with Crippen molar-refractivity contribution in [3.8, 4) is 11.3 Å². The molecule has 0 bridgehead atoms. The largest absolute Gasteiger partial charge is 0.510 e. The Hall–Kier alpha value is -3.48. The van der Waals surface area contributed by atoms with Gasteiger partial charge in [0.05, 0.1) is 17.8 Å². The van der Waals surface area contributed by atoms with Crippen molar-refractivity contribution in [2.45, 2.75) is 6.05 Å². The lowest BCUT2D eigenvalue weighted by Crippen LogP contribution is -2.32. The lowest BCUT2D eigenvalue weighted by Gasteiger charge is -2.18. The average Bonchev–Trinajstić information content (AvgIpc) is 3.09. The summed E-state index contributed by atoms with van der Waals surface area (Å²) in [5.41, 5.74) is -0.174. The van der Waals surface area contributed by atoms with Crippen LogP contribution in [0.5, 0.6) is 0 Å². The first-order chi connectivity index (χ1) is 12.9. The highest BCUT2D eigenvalue weighted by Crippen LogP contribution is 2.45. The van der Waals surface area contributed by atoms with Crippen LogP contribution < -0.4 is 10.5 Å².